The first-order valence-corrected chi connectivity index (χ1v) is 6.25. The quantitative estimate of drug-likeness (QED) is 0.760. The number of aromatic nitrogens is 2. The third-order valence-electron chi connectivity index (χ3n) is 3.22. The molecule has 0 aliphatic heterocycles. The Morgan fingerprint density at radius 3 is 2.68 bits per heavy atom. The molecule has 19 heavy (non-hydrogen) atoms. The smallest absolute Gasteiger partial charge is 0.267 e. The zero-order valence-corrected chi connectivity index (χ0v) is 10.7. The van der Waals surface area contributed by atoms with E-state index >= 15 is 0 Å². The molecule has 94 valence electrons. The SMILES string of the molecule is Cc1cc(Cc2ccc3ccccc3c2)c(=O)[nH]n1. The van der Waals surface area contributed by atoms with Crippen LogP contribution in [0.4, 0.5) is 0 Å². The molecule has 0 radical (unpaired) electrons. The fourth-order valence-electron chi connectivity index (χ4n) is 2.26. The van der Waals surface area contributed by atoms with Gasteiger partial charge < -0.3 is 0 Å². The number of H-pyrrole nitrogens is 1. The van der Waals surface area contributed by atoms with Crippen LogP contribution in [0.3, 0.4) is 0 Å². The number of hydrogen-bond acceptors (Lipinski definition) is 2. The first-order chi connectivity index (χ1) is 9.22. The summed E-state index contributed by atoms with van der Waals surface area (Å²) < 4.78 is 0. The number of nitrogens with one attached hydrogen (secondary N) is 1. The molecule has 3 nitrogen and oxygen atoms in total. The molecule has 0 saturated carbocycles. The maximum absolute atomic E-state index is 11.7. The Labute approximate surface area is 110 Å². The molecular formula is C16H14N2O. The van der Waals surface area contributed by atoms with Gasteiger partial charge in [-0.3, -0.25) is 4.79 Å². The van der Waals surface area contributed by atoms with Gasteiger partial charge >= 0.3 is 0 Å². The molecule has 0 aliphatic rings. The Bertz CT molecular complexity index is 790. The minimum Gasteiger partial charge on any atom is -0.268 e. The molecule has 2 aromatic carbocycles. The molecule has 0 unspecified atom stereocenters. The average Bonchev–Trinajstić information content (AvgIpc) is 2.43. The largest absolute Gasteiger partial charge is 0.268 e. The number of fused-ring (bicyclic) bond motifs is 1. The van der Waals surface area contributed by atoms with E-state index in [9.17, 15) is 4.79 Å². The van der Waals surface area contributed by atoms with E-state index in [1.807, 2.05) is 25.1 Å². The molecule has 0 aliphatic carbocycles. The van der Waals surface area contributed by atoms with Crippen molar-refractivity contribution in [2.24, 2.45) is 0 Å². The summed E-state index contributed by atoms with van der Waals surface area (Å²) in [5, 5.41) is 8.82. The Hall–Kier alpha value is -2.42. The van der Waals surface area contributed by atoms with E-state index in [1.54, 1.807) is 0 Å². The van der Waals surface area contributed by atoms with E-state index in [1.165, 1.54) is 10.8 Å². The van der Waals surface area contributed by atoms with Crippen molar-refractivity contribution in [3.63, 3.8) is 0 Å². The lowest BCUT2D eigenvalue weighted by molar-refractivity contribution is 0.913. The van der Waals surface area contributed by atoms with Crippen LogP contribution in [0.15, 0.2) is 53.3 Å². The highest BCUT2D eigenvalue weighted by molar-refractivity contribution is 5.83. The maximum Gasteiger partial charge on any atom is 0.267 e. The second kappa shape index (κ2) is 4.69. The minimum absolute atomic E-state index is 0.112. The Morgan fingerprint density at radius 2 is 1.84 bits per heavy atom. The van der Waals surface area contributed by atoms with E-state index in [4.69, 9.17) is 0 Å². The van der Waals surface area contributed by atoms with Crippen LogP contribution < -0.4 is 5.56 Å². The van der Waals surface area contributed by atoms with Gasteiger partial charge in [0.2, 0.25) is 0 Å². The lowest BCUT2D eigenvalue weighted by Crippen LogP contribution is -2.15. The molecule has 3 heteroatoms. The fraction of sp³-hybridized carbons (Fsp3) is 0.125. The van der Waals surface area contributed by atoms with Crippen LogP contribution in [0.25, 0.3) is 10.8 Å². The first kappa shape index (κ1) is 11.7. The van der Waals surface area contributed by atoms with E-state index in [0.29, 0.717) is 6.42 Å². The second-order valence-electron chi connectivity index (χ2n) is 4.72. The highest BCUT2D eigenvalue weighted by Gasteiger charge is 2.03. The van der Waals surface area contributed by atoms with Crippen LogP contribution in [0.5, 0.6) is 0 Å². The van der Waals surface area contributed by atoms with Crippen molar-refractivity contribution in [3.05, 3.63) is 75.7 Å². The fourth-order valence-corrected chi connectivity index (χ4v) is 2.26. The van der Waals surface area contributed by atoms with Crippen molar-refractivity contribution in [2.45, 2.75) is 13.3 Å². The molecule has 0 atom stereocenters. The predicted octanol–water partition coefficient (Wildman–Crippen LogP) is 2.82. The third-order valence-corrected chi connectivity index (χ3v) is 3.22. The zero-order valence-electron chi connectivity index (χ0n) is 10.7. The van der Waals surface area contributed by atoms with Crippen molar-refractivity contribution in [1.29, 1.82) is 0 Å². The van der Waals surface area contributed by atoms with Gasteiger partial charge in [0.25, 0.3) is 5.56 Å². The van der Waals surface area contributed by atoms with Gasteiger partial charge in [-0.05, 0) is 29.3 Å². The molecule has 3 aromatic rings. The second-order valence-corrected chi connectivity index (χ2v) is 4.72. The standard InChI is InChI=1S/C16H14N2O/c1-11-8-15(16(19)18-17-11)10-12-6-7-13-4-2-3-5-14(13)9-12/h2-9H,10H2,1H3,(H,18,19). The van der Waals surface area contributed by atoms with Crippen molar-refractivity contribution in [3.8, 4) is 0 Å². The number of hydrogen-bond donors (Lipinski definition) is 1. The van der Waals surface area contributed by atoms with Crippen LogP contribution in [0.2, 0.25) is 0 Å². The third kappa shape index (κ3) is 2.40. The van der Waals surface area contributed by atoms with Crippen LogP contribution in [-0.4, -0.2) is 10.2 Å². The molecule has 0 amide bonds. The molecule has 0 bridgehead atoms. The van der Waals surface area contributed by atoms with Crippen LogP contribution in [-0.2, 0) is 6.42 Å². The Morgan fingerprint density at radius 1 is 1.05 bits per heavy atom. The van der Waals surface area contributed by atoms with Crippen LogP contribution in [0, 0.1) is 6.92 Å². The van der Waals surface area contributed by atoms with Crippen molar-refractivity contribution < 1.29 is 0 Å². The molecule has 0 spiro atoms. The lowest BCUT2D eigenvalue weighted by atomic mass is 10.0. The summed E-state index contributed by atoms with van der Waals surface area (Å²) in [6, 6.07) is 16.3. The predicted molar refractivity (Wildman–Crippen MR) is 76.3 cm³/mol. The summed E-state index contributed by atoms with van der Waals surface area (Å²) in [6.07, 6.45) is 0.628. The van der Waals surface area contributed by atoms with Gasteiger partial charge in [0.15, 0.2) is 0 Å². The Balaban J connectivity index is 2.01. The minimum atomic E-state index is -0.112. The molecule has 1 N–H and O–H groups in total. The summed E-state index contributed by atoms with van der Waals surface area (Å²) >= 11 is 0. The van der Waals surface area contributed by atoms with E-state index in [-0.39, 0.29) is 5.56 Å². The van der Waals surface area contributed by atoms with Crippen molar-refractivity contribution >= 4 is 10.8 Å². The maximum atomic E-state index is 11.7. The summed E-state index contributed by atoms with van der Waals surface area (Å²) in [6.45, 7) is 1.87. The number of nitrogens with zero attached hydrogens (tertiary/aromatic N) is 1. The molecule has 0 saturated heterocycles. The number of rotatable bonds is 2. The first-order valence-electron chi connectivity index (χ1n) is 6.25. The molecule has 3 rings (SSSR count). The molecule has 1 aromatic heterocycles. The van der Waals surface area contributed by atoms with Gasteiger partial charge in [0.1, 0.15) is 0 Å². The number of aryl methyl sites for hydroxylation is 1. The highest BCUT2D eigenvalue weighted by atomic mass is 16.1. The van der Waals surface area contributed by atoms with Gasteiger partial charge in [0.05, 0.1) is 5.69 Å². The molecule has 0 fully saturated rings. The van der Waals surface area contributed by atoms with Gasteiger partial charge in [0, 0.05) is 12.0 Å². The number of benzene rings is 2. The van der Waals surface area contributed by atoms with Gasteiger partial charge in [-0.15, -0.1) is 0 Å². The zero-order chi connectivity index (χ0) is 13.2. The van der Waals surface area contributed by atoms with Gasteiger partial charge in [-0.2, -0.15) is 5.10 Å². The normalized spacial score (nSPS) is 10.8. The van der Waals surface area contributed by atoms with Crippen molar-refractivity contribution in [2.75, 3.05) is 0 Å². The highest BCUT2D eigenvalue weighted by Crippen LogP contribution is 2.17. The molecule has 1 heterocycles. The van der Waals surface area contributed by atoms with Crippen LogP contribution >= 0.6 is 0 Å². The molecular weight excluding hydrogens is 236 g/mol. The van der Waals surface area contributed by atoms with Crippen molar-refractivity contribution in [1.82, 2.24) is 10.2 Å². The monoisotopic (exact) mass is 250 g/mol. The topological polar surface area (TPSA) is 45.8 Å². The van der Waals surface area contributed by atoms with E-state index in [0.717, 1.165) is 16.8 Å². The van der Waals surface area contributed by atoms with E-state index in [2.05, 4.69) is 40.5 Å². The van der Waals surface area contributed by atoms with Crippen LogP contribution in [0.1, 0.15) is 16.8 Å². The summed E-state index contributed by atoms with van der Waals surface area (Å²) in [5.74, 6) is 0. The van der Waals surface area contributed by atoms with Gasteiger partial charge in [-0.25, -0.2) is 5.10 Å². The summed E-state index contributed by atoms with van der Waals surface area (Å²) in [4.78, 5) is 11.7. The Kier molecular flexibility index (Phi) is 2.88. The number of aromatic amines is 1. The van der Waals surface area contributed by atoms with Gasteiger partial charge in [-0.1, -0.05) is 42.5 Å². The lowest BCUT2D eigenvalue weighted by Gasteiger charge is -2.04. The summed E-state index contributed by atoms with van der Waals surface area (Å²) in [5.41, 5.74) is 2.60. The summed E-state index contributed by atoms with van der Waals surface area (Å²) in [7, 11) is 0. The average molecular weight is 250 g/mol. The van der Waals surface area contributed by atoms with E-state index < -0.39 is 0 Å².